The van der Waals surface area contributed by atoms with Gasteiger partial charge in [0, 0.05) is 14.3 Å². The zero-order chi connectivity index (χ0) is 14.8. The van der Waals surface area contributed by atoms with Gasteiger partial charge in [0.2, 0.25) is 0 Å². The van der Waals surface area contributed by atoms with Crippen LogP contribution in [-0.2, 0) is 0 Å². The number of hydrogen-bond donors (Lipinski definition) is 1. The average Bonchev–Trinajstić information content (AvgIpc) is 2.47. The van der Waals surface area contributed by atoms with Crippen LogP contribution in [0.5, 0.6) is 0 Å². The fourth-order valence-corrected chi connectivity index (χ4v) is 3.93. The smallest absolute Gasteiger partial charge is 0.0772 e. The summed E-state index contributed by atoms with van der Waals surface area (Å²) in [6, 6.07) is 20.8. The third-order valence-electron chi connectivity index (χ3n) is 3.37. The fourth-order valence-electron chi connectivity index (χ4n) is 2.30. The van der Waals surface area contributed by atoms with Gasteiger partial charge in [-0.25, -0.2) is 0 Å². The average molecular weight is 359 g/mol. The van der Waals surface area contributed by atoms with Gasteiger partial charge in [-0.1, -0.05) is 64.1 Å². The third kappa shape index (κ3) is 3.31. The highest BCUT2D eigenvalue weighted by atomic mass is 79.9. The maximum absolute atomic E-state index is 9.92. The lowest BCUT2D eigenvalue weighted by atomic mass is 10.1. The van der Waals surface area contributed by atoms with E-state index in [1.807, 2.05) is 12.1 Å². The van der Waals surface area contributed by atoms with E-state index in [9.17, 15) is 5.11 Å². The lowest BCUT2D eigenvalue weighted by molar-refractivity contribution is 0.196. The highest BCUT2D eigenvalue weighted by Crippen LogP contribution is 2.36. The summed E-state index contributed by atoms with van der Waals surface area (Å²) in [6.07, 6.45) is -0.471. The lowest BCUT2D eigenvalue weighted by Crippen LogP contribution is -1.93. The first kappa shape index (κ1) is 14.6. The number of aliphatic hydroxyl groups is 1. The number of benzene rings is 3. The Morgan fingerprint density at radius 3 is 2.48 bits per heavy atom. The van der Waals surface area contributed by atoms with Crippen LogP contribution in [0.1, 0.15) is 18.6 Å². The lowest BCUT2D eigenvalue weighted by Gasteiger charge is -2.12. The number of rotatable bonds is 3. The van der Waals surface area contributed by atoms with Crippen molar-refractivity contribution >= 4 is 38.5 Å². The molecule has 1 nitrogen and oxygen atoms in total. The van der Waals surface area contributed by atoms with Gasteiger partial charge in [0.15, 0.2) is 0 Å². The Balaban J connectivity index is 2.00. The molecule has 0 bridgehead atoms. The minimum atomic E-state index is -0.471. The van der Waals surface area contributed by atoms with Gasteiger partial charge in [-0.3, -0.25) is 0 Å². The minimum absolute atomic E-state index is 0.471. The van der Waals surface area contributed by atoms with Crippen molar-refractivity contribution in [2.24, 2.45) is 0 Å². The molecule has 0 saturated carbocycles. The van der Waals surface area contributed by atoms with E-state index in [2.05, 4.69) is 64.5 Å². The Hall–Kier alpha value is -1.29. The largest absolute Gasteiger partial charge is 0.389 e. The van der Waals surface area contributed by atoms with Gasteiger partial charge in [-0.15, -0.1) is 0 Å². The Morgan fingerprint density at radius 1 is 0.952 bits per heavy atom. The second-order valence-corrected chi connectivity index (χ2v) is 7.00. The standard InChI is InChI=1S/C18H15BrOS/c1-12(20)17-9-7-15(19)11-18(17)21-16-8-6-13-4-2-3-5-14(13)10-16/h2-12,20H,1H3. The summed E-state index contributed by atoms with van der Waals surface area (Å²) in [6.45, 7) is 1.80. The Morgan fingerprint density at radius 2 is 1.71 bits per heavy atom. The maximum Gasteiger partial charge on any atom is 0.0772 e. The molecule has 1 N–H and O–H groups in total. The van der Waals surface area contributed by atoms with Crippen molar-refractivity contribution in [2.45, 2.75) is 22.8 Å². The Kier molecular flexibility index (Phi) is 4.34. The molecular weight excluding hydrogens is 344 g/mol. The normalized spacial score (nSPS) is 12.5. The fraction of sp³-hybridized carbons (Fsp3) is 0.111. The van der Waals surface area contributed by atoms with Crippen LogP contribution in [0.2, 0.25) is 0 Å². The van der Waals surface area contributed by atoms with Crippen molar-refractivity contribution in [3.63, 3.8) is 0 Å². The van der Waals surface area contributed by atoms with E-state index in [0.29, 0.717) is 0 Å². The molecule has 3 aromatic rings. The number of fused-ring (bicyclic) bond motifs is 1. The van der Waals surface area contributed by atoms with Crippen molar-refractivity contribution < 1.29 is 5.11 Å². The molecule has 0 aliphatic heterocycles. The molecule has 0 aliphatic rings. The molecule has 1 atom stereocenters. The minimum Gasteiger partial charge on any atom is -0.389 e. The molecule has 3 aromatic carbocycles. The molecule has 21 heavy (non-hydrogen) atoms. The number of halogens is 1. The van der Waals surface area contributed by atoms with Crippen molar-refractivity contribution in [3.05, 3.63) is 70.7 Å². The van der Waals surface area contributed by atoms with Crippen LogP contribution in [0.15, 0.2) is 74.9 Å². The molecule has 0 spiro atoms. The van der Waals surface area contributed by atoms with Gasteiger partial charge < -0.3 is 5.11 Å². The van der Waals surface area contributed by atoms with Crippen molar-refractivity contribution in [1.82, 2.24) is 0 Å². The summed E-state index contributed by atoms with van der Waals surface area (Å²) in [4.78, 5) is 2.25. The summed E-state index contributed by atoms with van der Waals surface area (Å²) in [5, 5.41) is 12.4. The molecule has 0 aromatic heterocycles. The summed E-state index contributed by atoms with van der Waals surface area (Å²) >= 11 is 5.19. The van der Waals surface area contributed by atoms with Gasteiger partial charge in [-0.05, 0) is 47.5 Å². The van der Waals surface area contributed by atoms with Crippen LogP contribution in [0.3, 0.4) is 0 Å². The zero-order valence-electron chi connectivity index (χ0n) is 11.6. The second-order valence-electron chi connectivity index (χ2n) is 4.97. The summed E-state index contributed by atoms with van der Waals surface area (Å²) in [5.74, 6) is 0. The molecule has 0 radical (unpaired) electrons. The molecule has 0 aliphatic carbocycles. The molecule has 0 saturated heterocycles. The molecule has 0 heterocycles. The van der Waals surface area contributed by atoms with Crippen LogP contribution in [0.4, 0.5) is 0 Å². The van der Waals surface area contributed by atoms with E-state index in [1.165, 1.54) is 15.7 Å². The van der Waals surface area contributed by atoms with Crippen LogP contribution in [-0.4, -0.2) is 5.11 Å². The van der Waals surface area contributed by atoms with E-state index < -0.39 is 6.10 Å². The predicted octanol–water partition coefficient (Wildman–Crippen LogP) is 5.81. The van der Waals surface area contributed by atoms with E-state index in [1.54, 1.807) is 18.7 Å². The maximum atomic E-state index is 9.92. The number of aliphatic hydroxyl groups excluding tert-OH is 1. The van der Waals surface area contributed by atoms with Gasteiger partial charge in [0.25, 0.3) is 0 Å². The van der Waals surface area contributed by atoms with Gasteiger partial charge in [0.1, 0.15) is 0 Å². The van der Waals surface area contributed by atoms with Gasteiger partial charge >= 0.3 is 0 Å². The highest BCUT2D eigenvalue weighted by Gasteiger charge is 2.10. The first-order valence-electron chi connectivity index (χ1n) is 6.77. The van der Waals surface area contributed by atoms with E-state index in [4.69, 9.17) is 0 Å². The van der Waals surface area contributed by atoms with Gasteiger partial charge in [0.05, 0.1) is 6.10 Å². The second kappa shape index (κ2) is 6.22. The summed E-state index contributed by atoms with van der Waals surface area (Å²) in [5.41, 5.74) is 0.955. The molecule has 0 amide bonds. The Bertz CT molecular complexity index is 783. The first-order chi connectivity index (χ1) is 10.1. The topological polar surface area (TPSA) is 20.2 Å². The quantitative estimate of drug-likeness (QED) is 0.637. The van der Waals surface area contributed by atoms with Crippen LogP contribution in [0, 0.1) is 0 Å². The number of hydrogen-bond acceptors (Lipinski definition) is 2. The predicted molar refractivity (Wildman–Crippen MR) is 92.8 cm³/mol. The summed E-state index contributed by atoms with van der Waals surface area (Å²) < 4.78 is 1.02. The monoisotopic (exact) mass is 358 g/mol. The van der Waals surface area contributed by atoms with Crippen LogP contribution in [0.25, 0.3) is 10.8 Å². The molecular formula is C18H15BrOS. The molecule has 1 unspecified atom stereocenters. The van der Waals surface area contributed by atoms with Crippen molar-refractivity contribution in [3.8, 4) is 0 Å². The first-order valence-corrected chi connectivity index (χ1v) is 8.38. The SMILES string of the molecule is CC(O)c1ccc(Br)cc1Sc1ccc2ccccc2c1. The molecule has 0 fully saturated rings. The Labute approximate surface area is 137 Å². The van der Waals surface area contributed by atoms with Crippen LogP contribution >= 0.6 is 27.7 Å². The molecule has 106 valence electrons. The van der Waals surface area contributed by atoms with Gasteiger partial charge in [-0.2, -0.15) is 0 Å². The highest BCUT2D eigenvalue weighted by molar-refractivity contribution is 9.10. The van der Waals surface area contributed by atoms with E-state index in [-0.39, 0.29) is 0 Å². The van der Waals surface area contributed by atoms with E-state index in [0.717, 1.165) is 14.9 Å². The summed E-state index contributed by atoms with van der Waals surface area (Å²) in [7, 11) is 0. The molecule has 3 rings (SSSR count). The third-order valence-corrected chi connectivity index (χ3v) is 4.93. The molecule has 3 heteroatoms. The van der Waals surface area contributed by atoms with Crippen molar-refractivity contribution in [2.75, 3.05) is 0 Å². The van der Waals surface area contributed by atoms with E-state index >= 15 is 0 Å². The van der Waals surface area contributed by atoms with Crippen LogP contribution < -0.4 is 0 Å². The zero-order valence-corrected chi connectivity index (χ0v) is 14.0. The van der Waals surface area contributed by atoms with Crippen molar-refractivity contribution in [1.29, 1.82) is 0 Å².